The van der Waals surface area contributed by atoms with Gasteiger partial charge in [-0.25, -0.2) is 9.97 Å². The highest BCUT2D eigenvalue weighted by Gasteiger charge is 1.91. The highest BCUT2D eigenvalue weighted by molar-refractivity contribution is 9.09. The maximum Gasteiger partial charge on any atom is 0.115 e. The second-order valence-corrected chi connectivity index (χ2v) is 5.57. The monoisotopic (exact) mass is 328 g/mol. The fraction of sp³-hybridized carbons (Fsp3) is 0.750. The van der Waals surface area contributed by atoms with Crippen molar-refractivity contribution in [2.45, 2.75) is 71.1 Å². The lowest BCUT2D eigenvalue weighted by Gasteiger charge is -2.00. The molecule has 0 spiro atoms. The third-order valence-electron chi connectivity index (χ3n) is 2.96. The van der Waals surface area contributed by atoms with Crippen molar-refractivity contribution in [2.24, 2.45) is 0 Å². The van der Waals surface area contributed by atoms with E-state index in [0.29, 0.717) is 0 Å². The van der Waals surface area contributed by atoms with Gasteiger partial charge in [-0.05, 0) is 12.5 Å². The average molecular weight is 329 g/mol. The van der Waals surface area contributed by atoms with Gasteiger partial charge in [-0.3, -0.25) is 0 Å². The van der Waals surface area contributed by atoms with Crippen molar-refractivity contribution >= 4 is 15.9 Å². The van der Waals surface area contributed by atoms with Gasteiger partial charge in [0.1, 0.15) is 6.33 Å². The van der Waals surface area contributed by atoms with Crippen LogP contribution in [0.15, 0.2) is 24.8 Å². The van der Waals surface area contributed by atoms with Crippen LogP contribution in [0.1, 0.15) is 71.1 Å². The minimum atomic E-state index is 1.18. The molecule has 1 heterocycles. The van der Waals surface area contributed by atoms with Crippen LogP contribution >= 0.6 is 15.9 Å². The molecule has 0 atom stereocenters. The number of hydrogen-bond acceptors (Lipinski definition) is 2. The van der Waals surface area contributed by atoms with Crippen molar-refractivity contribution < 1.29 is 0 Å². The van der Waals surface area contributed by atoms with E-state index in [1.54, 1.807) is 18.5 Å². The fourth-order valence-electron chi connectivity index (χ4n) is 1.84. The highest BCUT2D eigenvalue weighted by Crippen LogP contribution is 2.10. The van der Waals surface area contributed by atoms with Gasteiger partial charge in [0.15, 0.2) is 0 Å². The maximum atomic E-state index is 3.67. The molecule has 0 bridgehead atoms. The van der Waals surface area contributed by atoms with E-state index in [4.69, 9.17) is 0 Å². The Bertz CT molecular complexity index is 205. The summed E-state index contributed by atoms with van der Waals surface area (Å²) in [6.45, 7) is 2.28. The SMILES string of the molecule is CCCCCCCCCCCCBr.c1cncnc1. The Labute approximate surface area is 127 Å². The Morgan fingerprint density at radius 2 is 1.21 bits per heavy atom. The molecular formula is C16H29BrN2. The number of rotatable bonds is 10. The van der Waals surface area contributed by atoms with E-state index in [1.165, 1.54) is 75.9 Å². The molecule has 0 amide bonds. The number of hydrogen-bond donors (Lipinski definition) is 0. The molecule has 0 aliphatic heterocycles. The van der Waals surface area contributed by atoms with Crippen LogP contribution in [-0.2, 0) is 0 Å². The molecule has 110 valence electrons. The van der Waals surface area contributed by atoms with Crippen LogP contribution in [0.3, 0.4) is 0 Å². The molecule has 0 aliphatic carbocycles. The standard InChI is InChI=1S/C12H25Br.C4H4N2/c1-2-3-4-5-6-7-8-9-10-11-12-13;1-2-5-4-6-3-1/h2-12H2,1H3;1-4H. The summed E-state index contributed by atoms with van der Waals surface area (Å²) in [6.07, 6.45) is 19.2. The maximum absolute atomic E-state index is 3.67. The van der Waals surface area contributed by atoms with Crippen LogP contribution in [0, 0.1) is 0 Å². The van der Waals surface area contributed by atoms with Gasteiger partial charge < -0.3 is 0 Å². The van der Waals surface area contributed by atoms with Gasteiger partial charge in [-0.1, -0.05) is 80.6 Å². The van der Waals surface area contributed by atoms with Crippen molar-refractivity contribution in [3.05, 3.63) is 24.8 Å². The number of halogens is 1. The van der Waals surface area contributed by atoms with Gasteiger partial charge in [0, 0.05) is 17.7 Å². The normalized spacial score (nSPS) is 9.79. The largest absolute Gasteiger partial charge is 0.245 e. The van der Waals surface area contributed by atoms with Gasteiger partial charge in [0.05, 0.1) is 0 Å². The third-order valence-corrected chi connectivity index (χ3v) is 3.53. The van der Waals surface area contributed by atoms with Gasteiger partial charge in [0.25, 0.3) is 0 Å². The molecule has 1 aromatic rings. The van der Waals surface area contributed by atoms with Crippen LogP contribution in [0.5, 0.6) is 0 Å². The van der Waals surface area contributed by atoms with Gasteiger partial charge >= 0.3 is 0 Å². The zero-order valence-corrected chi connectivity index (χ0v) is 13.9. The van der Waals surface area contributed by atoms with Crippen LogP contribution in [0.4, 0.5) is 0 Å². The Kier molecular flexibility index (Phi) is 17.2. The van der Waals surface area contributed by atoms with Gasteiger partial charge in [-0.15, -0.1) is 0 Å². The first-order chi connectivity index (χ1) is 9.41. The fourth-order valence-corrected chi connectivity index (χ4v) is 2.23. The predicted molar refractivity (Wildman–Crippen MR) is 87.7 cm³/mol. The summed E-state index contributed by atoms with van der Waals surface area (Å²) in [5.41, 5.74) is 0. The smallest absolute Gasteiger partial charge is 0.115 e. The molecule has 3 heteroatoms. The van der Waals surface area contributed by atoms with E-state index in [-0.39, 0.29) is 0 Å². The van der Waals surface area contributed by atoms with Crippen LogP contribution in [0.25, 0.3) is 0 Å². The number of alkyl halides is 1. The highest BCUT2D eigenvalue weighted by atomic mass is 79.9. The van der Waals surface area contributed by atoms with Crippen LogP contribution < -0.4 is 0 Å². The first kappa shape index (κ1) is 18.6. The predicted octanol–water partition coefficient (Wildman–Crippen LogP) is 5.78. The molecule has 0 unspecified atom stereocenters. The van der Waals surface area contributed by atoms with Crippen molar-refractivity contribution in [1.82, 2.24) is 9.97 Å². The Morgan fingerprint density at radius 3 is 1.53 bits per heavy atom. The van der Waals surface area contributed by atoms with Crippen molar-refractivity contribution in [3.63, 3.8) is 0 Å². The first-order valence-corrected chi connectivity index (χ1v) is 8.80. The molecule has 0 fully saturated rings. The molecule has 0 radical (unpaired) electrons. The van der Waals surface area contributed by atoms with Crippen molar-refractivity contribution in [2.75, 3.05) is 5.33 Å². The summed E-state index contributed by atoms with van der Waals surface area (Å²) in [4.78, 5) is 7.35. The molecular weight excluding hydrogens is 300 g/mol. The first-order valence-electron chi connectivity index (χ1n) is 7.67. The van der Waals surface area contributed by atoms with E-state index in [9.17, 15) is 0 Å². The lowest BCUT2D eigenvalue weighted by atomic mass is 10.1. The van der Waals surface area contributed by atoms with Crippen LogP contribution in [-0.4, -0.2) is 15.3 Å². The minimum absolute atomic E-state index is 1.18. The number of aromatic nitrogens is 2. The van der Waals surface area contributed by atoms with Gasteiger partial charge in [-0.2, -0.15) is 0 Å². The Hall–Kier alpha value is -0.440. The van der Waals surface area contributed by atoms with E-state index in [1.807, 2.05) is 0 Å². The summed E-state index contributed by atoms with van der Waals surface area (Å²) in [7, 11) is 0. The summed E-state index contributed by atoms with van der Waals surface area (Å²) < 4.78 is 0. The van der Waals surface area contributed by atoms with Gasteiger partial charge in [0.2, 0.25) is 0 Å². The molecule has 0 saturated carbocycles. The lowest BCUT2D eigenvalue weighted by molar-refractivity contribution is 0.563. The summed E-state index contributed by atoms with van der Waals surface area (Å²) >= 11 is 3.46. The molecule has 0 aromatic carbocycles. The van der Waals surface area contributed by atoms with Crippen molar-refractivity contribution in [3.8, 4) is 0 Å². The molecule has 0 N–H and O–H groups in total. The molecule has 0 aliphatic rings. The average Bonchev–Trinajstić information content (AvgIpc) is 2.48. The number of nitrogens with zero attached hydrogens (tertiary/aromatic N) is 2. The topological polar surface area (TPSA) is 25.8 Å². The zero-order valence-electron chi connectivity index (χ0n) is 12.4. The van der Waals surface area contributed by atoms with E-state index < -0.39 is 0 Å². The summed E-state index contributed by atoms with van der Waals surface area (Å²) in [5.74, 6) is 0. The van der Waals surface area contributed by atoms with Crippen LogP contribution in [0.2, 0.25) is 0 Å². The third kappa shape index (κ3) is 17.6. The second kappa shape index (κ2) is 17.6. The number of unbranched alkanes of at least 4 members (excludes halogenated alkanes) is 9. The quantitative estimate of drug-likeness (QED) is 0.402. The lowest BCUT2D eigenvalue weighted by Crippen LogP contribution is -1.81. The molecule has 1 rings (SSSR count). The van der Waals surface area contributed by atoms with Crippen molar-refractivity contribution in [1.29, 1.82) is 0 Å². The minimum Gasteiger partial charge on any atom is -0.245 e. The second-order valence-electron chi connectivity index (χ2n) is 4.78. The Morgan fingerprint density at radius 1 is 0.737 bits per heavy atom. The van der Waals surface area contributed by atoms with E-state index in [2.05, 4.69) is 32.8 Å². The summed E-state index contributed by atoms with van der Waals surface area (Å²) in [5, 5.41) is 1.18. The van der Waals surface area contributed by atoms with E-state index in [0.717, 1.165) is 0 Å². The Balaban J connectivity index is 0.000000443. The molecule has 0 saturated heterocycles. The zero-order chi connectivity index (χ0) is 14.0. The van der Waals surface area contributed by atoms with E-state index >= 15 is 0 Å². The summed E-state index contributed by atoms with van der Waals surface area (Å²) in [6, 6.07) is 1.78. The molecule has 2 nitrogen and oxygen atoms in total. The molecule has 1 aromatic heterocycles. The molecule has 19 heavy (non-hydrogen) atoms.